The summed E-state index contributed by atoms with van der Waals surface area (Å²) in [5, 5.41) is 7.57. The van der Waals surface area contributed by atoms with Crippen LogP contribution in [0, 0.1) is 0 Å². The van der Waals surface area contributed by atoms with Gasteiger partial charge in [0, 0.05) is 40.7 Å². The number of carbonyl (C=O) groups is 3. The maximum atomic E-state index is 12.5. The number of aliphatic hydroxyl groups excluding tert-OH is 1. The standard InChI is InChI=1S/C18H16O.C11H12O.C7H6O.C2H6O.Na.H2O/c1-18(2)15-11-7-6-10-14(15)17(19)16(18)12-13-8-4-3-5-9-13;1-11(2)7-10(12)8-5-3-4-6-9(8)11;8-6-7-4-2-1-3-5-7;1-2-3;;/h3-12H,1-2H3;3-6H,7H2,1-2H3;1-6H;3H,2H2,1H3;;1H2/q;;;;+1;/p-1/b16-12-;;;;;. The third-order valence-corrected chi connectivity index (χ3v) is 7.37. The fourth-order valence-electron chi connectivity index (χ4n) is 5.20. The molecule has 0 saturated carbocycles. The van der Waals surface area contributed by atoms with E-state index >= 15 is 0 Å². The van der Waals surface area contributed by atoms with Crippen molar-refractivity contribution in [2.75, 3.05) is 6.61 Å². The molecule has 0 aromatic heterocycles. The van der Waals surface area contributed by atoms with Crippen molar-refractivity contribution in [2.24, 2.45) is 0 Å². The molecule has 2 aliphatic rings. The molecule has 0 heterocycles. The number of benzene rings is 4. The van der Waals surface area contributed by atoms with Gasteiger partial charge in [0.05, 0.1) is 0 Å². The average molecular weight is 601 g/mol. The van der Waals surface area contributed by atoms with Crippen molar-refractivity contribution < 1.29 is 54.5 Å². The van der Waals surface area contributed by atoms with Crippen LogP contribution in [0.25, 0.3) is 6.08 Å². The van der Waals surface area contributed by atoms with Crippen LogP contribution in [0.15, 0.2) is 115 Å². The summed E-state index contributed by atoms with van der Waals surface area (Å²) < 4.78 is 0. The summed E-state index contributed by atoms with van der Waals surface area (Å²) in [5.41, 5.74) is 6.60. The minimum absolute atomic E-state index is 0. The Morgan fingerprint density at radius 3 is 1.57 bits per heavy atom. The van der Waals surface area contributed by atoms with Crippen LogP contribution < -0.4 is 29.6 Å². The average Bonchev–Trinajstić information content (AvgIpc) is 3.35. The smallest absolute Gasteiger partial charge is 0.870 e. The molecular formula is C38H41NaO5. The zero-order chi connectivity index (χ0) is 30.8. The molecule has 0 amide bonds. The summed E-state index contributed by atoms with van der Waals surface area (Å²) in [5.74, 6) is 0.444. The molecule has 44 heavy (non-hydrogen) atoms. The largest absolute Gasteiger partial charge is 1.00 e. The van der Waals surface area contributed by atoms with E-state index in [4.69, 9.17) is 5.11 Å². The maximum absolute atomic E-state index is 12.5. The van der Waals surface area contributed by atoms with Crippen molar-refractivity contribution in [1.29, 1.82) is 0 Å². The van der Waals surface area contributed by atoms with Crippen molar-refractivity contribution >= 4 is 23.9 Å². The van der Waals surface area contributed by atoms with E-state index in [1.165, 1.54) is 5.56 Å². The molecule has 0 spiro atoms. The van der Waals surface area contributed by atoms with Gasteiger partial charge in [0.2, 0.25) is 0 Å². The first-order valence-electron chi connectivity index (χ1n) is 14.2. The Hall–Kier alpha value is -3.45. The van der Waals surface area contributed by atoms with Gasteiger partial charge in [-0.25, -0.2) is 0 Å². The van der Waals surface area contributed by atoms with E-state index in [1.54, 1.807) is 19.1 Å². The maximum Gasteiger partial charge on any atom is 1.00 e. The molecule has 0 atom stereocenters. The third-order valence-electron chi connectivity index (χ3n) is 7.37. The number of fused-ring (bicyclic) bond motifs is 2. The van der Waals surface area contributed by atoms with Crippen molar-refractivity contribution in [3.05, 3.63) is 148 Å². The Morgan fingerprint density at radius 2 is 1.11 bits per heavy atom. The first-order chi connectivity index (χ1) is 20.1. The zero-order valence-corrected chi connectivity index (χ0v) is 28.6. The molecule has 2 N–H and O–H groups in total. The van der Waals surface area contributed by atoms with Crippen LogP contribution in [0.5, 0.6) is 0 Å². The Labute approximate surface area is 283 Å². The van der Waals surface area contributed by atoms with E-state index < -0.39 is 0 Å². The second kappa shape index (κ2) is 17.7. The van der Waals surface area contributed by atoms with E-state index in [9.17, 15) is 14.4 Å². The first-order valence-corrected chi connectivity index (χ1v) is 14.2. The Kier molecular flexibility index (Phi) is 15.6. The van der Waals surface area contributed by atoms with Crippen molar-refractivity contribution in [3.8, 4) is 0 Å². The number of carbonyl (C=O) groups excluding carboxylic acids is 3. The van der Waals surface area contributed by atoms with Gasteiger partial charge in [0.25, 0.3) is 0 Å². The predicted octanol–water partition coefficient (Wildman–Crippen LogP) is 5.12. The predicted molar refractivity (Wildman–Crippen MR) is 173 cm³/mol. The van der Waals surface area contributed by atoms with E-state index in [-0.39, 0.29) is 64.0 Å². The fraction of sp³-hybridized carbons (Fsp3) is 0.237. The third kappa shape index (κ3) is 9.52. The minimum Gasteiger partial charge on any atom is -0.870 e. The quantitative estimate of drug-likeness (QED) is 0.196. The topological polar surface area (TPSA) is 101 Å². The number of allylic oxidation sites excluding steroid dienone is 1. The second-order valence-electron chi connectivity index (χ2n) is 11.3. The summed E-state index contributed by atoms with van der Waals surface area (Å²) >= 11 is 0. The number of aldehydes is 1. The van der Waals surface area contributed by atoms with Gasteiger partial charge in [-0.15, -0.1) is 0 Å². The molecule has 4 aromatic carbocycles. The van der Waals surface area contributed by atoms with Gasteiger partial charge < -0.3 is 10.6 Å². The Bertz CT molecular complexity index is 1540. The van der Waals surface area contributed by atoms with Gasteiger partial charge in [0.15, 0.2) is 11.6 Å². The van der Waals surface area contributed by atoms with E-state index in [1.807, 2.05) is 91.0 Å². The molecular weight excluding hydrogens is 559 g/mol. The molecule has 0 saturated heterocycles. The summed E-state index contributed by atoms with van der Waals surface area (Å²) in [7, 11) is 0. The molecule has 6 heteroatoms. The number of Topliss-reactive ketones (excluding diaryl/α,β-unsaturated/α-hetero) is 2. The molecule has 0 bridgehead atoms. The summed E-state index contributed by atoms with van der Waals surface area (Å²) in [6.07, 6.45) is 3.51. The number of rotatable bonds is 2. The van der Waals surface area contributed by atoms with Gasteiger partial charge in [0.1, 0.15) is 6.29 Å². The summed E-state index contributed by atoms with van der Waals surface area (Å²) in [4.78, 5) is 34.0. The van der Waals surface area contributed by atoms with Gasteiger partial charge in [-0.3, -0.25) is 14.4 Å². The Morgan fingerprint density at radius 1 is 0.682 bits per heavy atom. The number of aliphatic hydroxyl groups is 1. The van der Waals surface area contributed by atoms with Gasteiger partial charge in [-0.05, 0) is 35.1 Å². The van der Waals surface area contributed by atoms with E-state index in [2.05, 4.69) is 39.8 Å². The zero-order valence-electron chi connectivity index (χ0n) is 26.6. The number of ketones is 2. The molecule has 0 radical (unpaired) electrons. The summed E-state index contributed by atoms with van der Waals surface area (Å²) in [6.45, 7) is 10.4. The van der Waals surface area contributed by atoms with Crippen LogP contribution >= 0.6 is 0 Å². The van der Waals surface area contributed by atoms with Crippen LogP contribution in [-0.2, 0) is 10.8 Å². The van der Waals surface area contributed by atoms with Crippen LogP contribution in [0.2, 0.25) is 0 Å². The Balaban J connectivity index is 0.000000334. The van der Waals surface area contributed by atoms with Gasteiger partial charge >= 0.3 is 29.6 Å². The van der Waals surface area contributed by atoms with Gasteiger partial charge in [-0.2, -0.15) is 0 Å². The molecule has 5 nitrogen and oxygen atoms in total. The van der Waals surface area contributed by atoms with E-state index in [0.717, 1.165) is 39.7 Å². The molecule has 224 valence electrons. The normalized spacial score (nSPS) is 15.3. The van der Waals surface area contributed by atoms with Gasteiger partial charge in [-0.1, -0.05) is 137 Å². The molecule has 6 rings (SSSR count). The van der Waals surface area contributed by atoms with Crippen LogP contribution in [0.4, 0.5) is 0 Å². The SMILES string of the molecule is CC1(C)/C(=C\c2ccccc2)C(=O)c2ccccc21.CC1(C)CC(=O)c2ccccc21.CCO.O=Cc1ccccc1.[Na+].[OH-]. The number of hydrogen-bond acceptors (Lipinski definition) is 5. The second-order valence-corrected chi connectivity index (χ2v) is 11.3. The number of hydrogen-bond donors (Lipinski definition) is 1. The van der Waals surface area contributed by atoms with Crippen LogP contribution in [0.1, 0.15) is 88.8 Å². The van der Waals surface area contributed by atoms with Crippen LogP contribution in [0.3, 0.4) is 0 Å². The minimum atomic E-state index is -0.219. The van der Waals surface area contributed by atoms with Crippen molar-refractivity contribution in [2.45, 2.75) is 51.9 Å². The molecule has 0 aliphatic heterocycles. The van der Waals surface area contributed by atoms with Crippen LogP contribution in [-0.4, -0.2) is 35.0 Å². The molecule has 4 aromatic rings. The monoisotopic (exact) mass is 600 g/mol. The van der Waals surface area contributed by atoms with Crippen molar-refractivity contribution in [1.82, 2.24) is 0 Å². The molecule has 0 fully saturated rings. The first kappa shape index (κ1) is 38.6. The molecule has 0 unspecified atom stereocenters. The fourth-order valence-corrected chi connectivity index (χ4v) is 5.20. The van der Waals surface area contributed by atoms with E-state index in [0.29, 0.717) is 6.42 Å². The van der Waals surface area contributed by atoms with Crippen molar-refractivity contribution in [3.63, 3.8) is 0 Å². The summed E-state index contributed by atoms with van der Waals surface area (Å²) in [6, 6.07) is 34.9. The molecule has 2 aliphatic carbocycles.